The van der Waals surface area contributed by atoms with E-state index in [0.717, 1.165) is 11.1 Å². The van der Waals surface area contributed by atoms with Gasteiger partial charge in [-0.2, -0.15) is 0 Å². The Morgan fingerprint density at radius 2 is 1.94 bits per heavy atom. The van der Waals surface area contributed by atoms with Crippen molar-refractivity contribution in [2.45, 2.75) is 13.2 Å². The average molecular weight is 234 g/mol. The van der Waals surface area contributed by atoms with E-state index in [0.29, 0.717) is 19.6 Å². The zero-order valence-electron chi connectivity index (χ0n) is 9.78. The molecule has 1 aromatic rings. The van der Waals surface area contributed by atoms with Gasteiger partial charge in [0.25, 0.3) is 0 Å². The zero-order chi connectivity index (χ0) is 12.5. The summed E-state index contributed by atoms with van der Waals surface area (Å²) in [6.07, 6.45) is 1.71. The van der Waals surface area contributed by atoms with E-state index >= 15 is 0 Å². The molecule has 0 bridgehead atoms. The van der Waals surface area contributed by atoms with E-state index in [1.54, 1.807) is 6.08 Å². The second-order valence-corrected chi connectivity index (χ2v) is 3.67. The molecule has 0 saturated heterocycles. The molecule has 0 aliphatic rings. The summed E-state index contributed by atoms with van der Waals surface area (Å²) >= 11 is 0. The molecule has 0 spiro atoms. The molecule has 4 heteroatoms. The predicted octanol–water partition coefficient (Wildman–Crippen LogP) is 0.571. The Hall–Kier alpha value is -1.65. The van der Waals surface area contributed by atoms with E-state index < -0.39 is 0 Å². The molecular weight excluding hydrogens is 216 g/mol. The number of hydrogen-bond acceptors (Lipinski definition) is 3. The van der Waals surface area contributed by atoms with Crippen molar-refractivity contribution in [2.75, 3.05) is 13.1 Å². The van der Waals surface area contributed by atoms with Crippen LogP contribution < -0.4 is 10.6 Å². The monoisotopic (exact) mass is 234 g/mol. The van der Waals surface area contributed by atoms with Crippen molar-refractivity contribution in [1.82, 2.24) is 10.6 Å². The Bertz CT molecular complexity index is 360. The fourth-order valence-corrected chi connectivity index (χ4v) is 1.31. The van der Waals surface area contributed by atoms with Gasteiger partial charge in [0.05, 0.1) is 13.2 Å². The first kappa shape index (κ1) is 13.4. The number of amides is 1. The highest BCUT2D eigenvalue weighted by atomic mass is 16.3. The molecule has 0 atom stereocenters. The van der Waals surface area contributed by atoms with Gasteiger partial charge in [0.15, 0.2) is 0 Å². The van der Waals surface area contributed by atoms with Crippen LogP contribution in [0.1, 0.15) is 11.1 Å². The lowest BCUT2D eigenvalue weighted by Gasteiger charge is -2.06. The molecule has 0 aliphatic heterocycles. The van der Waals surface area contributed by atoms with Gasteiger partial charge in [-0.25, -0.2) is 0 Å². The maximum Gasteiger partial charge on any atom is 0.234 e. The van der Waals surface area contributed by atoms with Crippen LogP contribution in [0.15, 0.2) is 36.9 Å². The van der Waals surface area contributed by atoms with Crippen LogP contribution in [0.4, 0.5) is 0 Å². The van der Waals surface area contributed by atoms with Gasteiger partial charge in [0, 0.05) is 13.1 Å². The second kappa shape index (κ2) is 7.60. The van der Waals surface area contributed by atoms with Gasteiger partial charge in [-0.3, -0.25) is 4.79 Å². The largest absolute Gasteiger partial charge is 0.392 e. The number of hydrogen-bond donors (Lipinski definition) is 3. The number of rotatable bonds is 7. The van der Waals surface area contributed by atoms with Crippen molar-refractivity contribution in [1.29, 1.82) is 0 Å². The molecule has 0 saturated carbocycles. The summed E-state index contributed by atoms with van der Waals surface area (Å²) < 4.78 is 0. The standard InChI is InChI=1S/C13H18N2O2/c1-2-7-14-9-13(17)15-8-11-3-5-12(10-16)6-4-11/h2-6,14,16H,1,7-10H2,(H,15,17). The number of aliphatic hydroxyl groups excluding tert-OH is 1. The molecule has 92 valence electrons. The van der Waals surface area contributed by atoms with Crippen LogP contribution in [-0.2, 0) is 17.9 Å². The van der Waals surface area contributed by atoms with Gasteiger partial charge >= 0.3 is 0 Å². The van der Waals surface area contributed by atoms with Gasteiger partial charge < -0.3 is 15.7 Å². The minimum Gasteiger partial charge on any atom is -0.392 e. The minimum absolute atomic E-state index is 0.0398. The summed E-state index contributed by atoms with van der Waals surface area (Å²) in [7, 11) is 0. The molecule has 4 nitrogen and oxygen atoms in total. The van der Waals surface area contributed by atoms with Crippen LogP contribution in [-0.4, -0.2) is 24.1 Å². The molecule has 1 amide bonds. The summed E-state index contributed by atoms with van der Waals surface area (Å²) in [6.45, 7) is 5.01. The summed E-state index contributed by atoms with van der Waals surface area (Å²) in [4.78, 5) is 11.4. The van der Waals surface area contributed by atoms with E-state index in [2.05, 4.69) is 17.2 Å². The van der Waals surface area contributed by atoms with E-state index in [1.807, 2.05) is 24.3 Å². The van der Waals surface area contributed by atoms with Crippen LogP contribution in [0, 0.1) is 0 Å². The molecule has 0 fully saturated rings. The van der Waals surface area contributed by atoms with E-state index in [4.69, 9.17) is 5.11 Å². The molecule has 0 radical (unpaired) electrons. The summed E-state index contributed by atoms with van der Waals surface area (Å²) in [5, 5.41) is 14.6. The van der Waals surface area contributed by atoms with Crippen molar-refractivity contribution in [3.8, 4) is 0 Å². The molecule has 17 heavy (non-hydrogen) atoms. The summed E-state index contributed by atoms with van der Waals surface area (Å²) in [5.74, 6) is -0.0434. The fourth-order valence-electron chi connectivity index (χ4n) is 1.31. The highest BCUT2D eigenvalue weighted by Gasteiger charge is 1.99. The highest BCUT2D eigenvalue weighted by molar-refractivity contribution is 5.77. The van der Waals surface area contributed by atoms with Crippen molar-refractivity contribution >= 4 is 5.91 Å². The predicted molar refractivity (Wildman–Crippen MR) is 67.3 cm³/mol. The first-order chi connectivity index (χ1) is 8.26. The van der Waals surface area contributed by atoms with Crippen molar-refractivity contribution < 1.29 is 9.90 Å². The van der Waals surface area contributed by atoms with Gasteiger partial charge in [-0.05, 0) is 11.1 Å². The number of carbonyl (C=O) groups is 1. The highest BCUT2D eigenvalue weighted by Crippen LogP contribution is 2.03. The molecule has 0 unspecified atom stereocenters. The number of benzene rings is 1. The third kappa shape index (κ3) is 5.29. The SMILES string of the molecule is C=CCNCC(=O)NCc1ccc(CO)cc1. The first-order valence-corrected chi connectivity index (χ1v) is 5.53. The molecular formula is C13H18N2O2. The lowest BCUT2D eigenvalue weighted by atomic mass is 10.1. The first-order valence-electron chi connectivity index (χ1n) is 5.53. The van der Waals surface area contributed by atoms with Crippen LogP contribution in [0.3, 0.4) is 0 Å². The van der Waals surface area contributed by atoms with Gasteiger partial charge in [0.2, 0.25) is 5.91 Å². The molecule has 1 rings (SSSR count). The van der Waals surface area contributed by atoms with Crippen LogP contribution in [0.5, 0.6) is 0 Å². The second-order valence-electron chi connectivity index (χ2n) is 3.67. The third-order valence-corrected chi connectivity index (χ3v) is 2.27. The van der Waals surface area contributed by atoms with Gasteiger partial charge in [-0.15, -0.1) is 6.58 Å². The van der Waals surface area contributed by atoms with Crippen molar-refractivity contribution in [3.63, 3.8) is 0 Å². The zero-order valence-corrected chi connectivity index (χ0v) is 9.78. The normalized spacial score (nSPS) is 9.94. The Kier molecular flexibility index (Phi) is 5.99. The fraction of sp³-hybridized carbons (Fsp3) is 0.308. The van der Waals surface area contributed by atoms with Crippen molar-refractivity contribution in [2.24, 2.45) is 0 Å². The average Bonchev–Trinajstić information content (AvgIpc) is 2.37. The quantitative estimate of drug-likeness (QED) is 0.477. The Labute approximate surface area is 101 Å². The maximum atomic E-state index is 11.4. The number of carbonyl (C=O) groups excluding carboxylic acids is 1. The molecule has 1 aromatic carbocycles. The van der Waals surface area contributed by atoms with Crippen LogP contribution >= 0.6 is 0 Å². The molecule has 3 N–H and O–H groups in total. The smallest absolute Gasteiger partial charge is 0.234 e. The van der Waals surface area contributed by atoms with Crippen LogP contribution in [0.25, 0.3) is 0 Å². The number of nitrogens with one attached hydrogen (secondary N) is 2. The Balaban J connectivity index is 2.29. The van der Waals surface area contributed by atoms with Gasteiger partial charge in [0.1, 0.15) is 0 Å². The summed E-state index contributed by atoms with van der Waals surface area (Å²) in [5.41, 5.74) is 1.88. The molecule has 0 aliphatic carbocycles. The van der Waals surface area contributed by atoms with E-state index in [9.17, 15) is 4.79 Å². The number of aliphatic hydroxyl groups is 1. The topological polar surface area (TPSA) is 61.4 Å². The van der Waals surface area contributed by atoms with Crippen molar-refractivity contribution in [3.05, 3.63) is 48.0 Å². The lowest BCUT2D eigenvalue weighted by Crippen LogP contribution is -2.33. The van der Waals surface area contributed by atoms with Gasteiger partial charge in [-0.1, -0.05) is 30.3 Å². The van der Waals surface area contributed by atoms with Crippen LogP contribution in [0.2, 0.25) is 0 Å². The lowest BCUT2D eigenvalue weighted by molar-refractivity contribution is -0.120. The van der Waals surface area contributed by atoms with E-state index in [-0.39, 0.29) is 12.5 Å². The minimum atomic E-state index is -0.0434. The van der Waals surface area contributed by atoms with E-state index in [1.165, 1.54) is 0 Å². The Morgan fingerprint density at radius 1 is 1.29 bits per heavy atom. The molecule has 0 aromatic heterocycles. The third-order valence-electron chi connectivity index (χ3n) is 2.27. The Morgan fingerprint density at radius 3 is 2.53 bits per heavy atom. The summed E-state index contributed by atoms with van der Waals surface area (Å²) in [6, 6.07) is 7.47. The molecule has 0 heterocycles. The maximum absolute atomic E-state index is 11.4.